The van der Waals surface area contributed by atoms with Crippen molar-refractivity contribution >= 4 is 16.8 Å². The average Bonchev–Trinajstić information content (AvgIpc) is 3.29. The summed E-state index contributed by atoms with van der Waals surface area (Å²) < 4.78 is 4.54. The van der Waals surface area contributed by atoms with Crippen molar-refractivity contribution in [2.24, 2.45) is 7.05 Å². The number of nitrogens with zero attached hydrogens (tertiary/aromatic N) is 6. The first kappa shape index (κ1) is 18.4. The van der Waals surface area contributed by atoms with Crippen molar-refractivity contribution in [2.45, 2.75) is 45.3 Å². The fourth-order valence-corrected chi connectivity index (χ4v) is 4.91. The van der Waals surface area contributed by atoms with Crippen LogP contribution < -0.4 is 0 Å². The Bertz CT molecular complexity index is 1040. The summed E-state index contributed by atoms with van der Waals surface area (Å²) in [7, 11) is 2.11. The summed E-state index contributed by atoms with van der Waals surface area (Å²) >= 11 is 0. The van der Waals surface area contributed by atoms with Gasteiger partial charge >= 0.3 is 0 Å². The van der Waals surface area contributed by atoms with Gasteiger partial charge in [-0.25, -0.2) is 0 Å². The molecule has 7 heteroatoms. The average molecular weight is 393 g/mol. The highest BCUT2D eigenvalue weighted by Crippen LogP contribution is 2.29. The van der Waals surface area contributed by atoms with Gasteiger partial charge in [-0.3, -0.25) is 9.69 Å². The van der Waals surface area contributed by atoms with Gasteiger partial charge in [0.1, 0.15) is 11.6 Å². The number of amides is 1. The van der Waals surface area contributed by atoms with E-state index < -0.39 is 0 Å². The third-order valence-corrected chi connectivity index (χ3v) is 6.54. The van der Waals surface area contributed by atoms with Crippen LogP contribution in [0, 0.1) is 0 Å². The number of para-hydroxylation sites is 1. The second kappa shape index (κ2) is 7.30. The van der Waals surface area contributed by atoms with Crippen molar-refractivity contribution in [1.82, 2.24) is 29.1 Å². The summed E-state index contributed by atoms with van der Waals surface area (Å²) in [5.74, 6) is 2.78. The summed E-state index contributed by atoms with van der Waals surface area (Å²) in [6.45, 7) is 7.03. The van der Waals surface area contributed by atoms with Gasteiger partial charge in [0.2, 0.25) is 5.91 Å². The minimum atomic E-state index is 0.177. The summed E-state index contributed by atoms with van der Waals surface area (Å²) in [6.07, 6.45) is 4.22. The highest BCUT2D eigenvalue weighted by molar-refractivity contribution is 5.83. The van der Waals surface area contributed by atoms with E-state index in [1.54, 1.807) is 6.92 Å². The molecule has 0 aliphatic carbocycles. The number of hydrogen-bond donors (Lipinski definition) is 0. The molecule has 1 amide bonds. The van der Waals surface area contributed by atoms with Crippen molar-refractivity contribution in [3.05, 3.63) is 47.7 Å². The Morgan fingerprint density at radius 1 is 1.10 bits per heavy atom. The van der Waals surface area contributed by atoms with Crippen LogP contribution in [0.15, 0.2) is 30.5 Å². The molecule has 29 heavy (non-hydrogen) atoms. The molecule has 2 aromatic heterocycles. The normalized spacial score (nSPS) is 18.3. The van der Waals surface area contributed by atoms with Gasteiger partial charge in [-0.05, 0) is 24.5 Å². The molecule has 0 radical (unpaired) electrons. The molecule has 3 aromatic rings. The number of carbonyl (C=O) groups excluding carboxylic acids is 1. The molecule has 1 saturated heterocycles. The molecule has 1 fully saturated rings. The molecule has 0 unspecified atom stereocenters. The lowest BCUT2D eigenvalue weighted by molar-refractivity contribution is -0.129. The predicted octanol–water partition coefficient (Wildman–Crippen LogP) is 2.51. The van der Waals surface area contributed by atoms with Crippen molar-refractivity contribution < 1.29 is 4.79 Å². The van der Waals surface area contributed by atoms with Gasteiger partial charge < -0.3 is 14.0 Å². The Hall–Kier alpha value is -2.67. The molecular weight excluding hydrogens is 364 g/mol. The standard InChI is InChI=1S/C22H28N6O/c1-16(29)27-9-7-17(8-10-27)22-24-23-21-15-26(11-12-28(21)22)14-18-13-25(2)20-6-4-3-5-19(18)20/h3-6,13,17H,7-12,14-15H2,1-2H3. The van der Waals surface area contributed by atoms with Crippen LogP contribution in [0.1, 0.15) is 42.9 Å². The van der Waals surface area contributed by atoms with E-state index in [0.29, 0.717) is 5.92 Å². The highest BCUT2D eigenvalue weighted by atomic mass is 16.2. The first-order valence-electron chi connectivity index (χ1n) is 10.5. The molecular formula is C22H28N6O. The quantitative estimate of drug-likeness (QED) is 0.687. The maximum Gasteiger partial charge on any atom is 0.219 e. The number of rotatable bonds is 3. The molecule has 2 aliphatic heterocycles. The number of fused-ring (bicyclic) bond motifs is 2. The SMILES string of the molecule is CC(=O)N1CCC(c2nnc3n2CCN(Cc2cn(C)c4ccccc24)C3)CC1. The minimum absolute atomic E-state index is 0.177. The molecule has 0 bridgehead atoms. The van der Waals surface area contributed by atoms with E-state index in [1.807, 2.05) is 4.90 Å². The van der Waals surface area contributed by atoms with Crippen LogP contribution in [-0.4, -0.2) is 54.7 Å². The van der Waals surface area contributed by atoms with Gasteiger partial charge in [0.05, 0.1) is 6.54 Å². The summed E-state index contributed by atoms with van der Waals surface area (Å²) in [5.41, 5.74) is 2.65. The van der Waals surface area contributed by atoms with Gasteiger partial charge in [-0.15, -0.1) is 10.2 Å². The fourth-order valence-electron chi connectivity index (χ4n) is 4.91. The van der Waals surface area contributed by atoms with Gasteiger partial charge in [-0.1, -0.05) is 18.2 Å². The van der Waals surface area contributed by atoms with E-state index in [-0.39, 0.29) is 5.91 Å². The maximum absolute atomic E-state index is 11.6. The van der Waals surface area contributed by atoms with Gasteiger partial charge in [0.15, 0.2) is 0 Å². The lowest BCUT2D eigenvalue weighted by atomic mass is 9.95. The second-order valence-electron chi connectivity index (χ2n) is 8.40. The van der Waals surface area contributed by atoms with Crippen molar-refractivity contribution in [1.29, 1.82) is 0 Å². The van der Waals surface area contributed by atoms with Crippen LogP contribution in [0.25, 0.3) is 10.9 Å². The Kier molecular flexibility index (Phi) is 4.62. The summed E-state index contributed by atoms with van der Waals surface area (Å²) in [5, 5.41) is 10.4. The van der Waals surface area contributed by atoms with Gasteiger partial charge in [0, 0.05) is 69.7 Å². The molecule has 0 N–H and O–H groups in total. The molecule has 1 aromatic carbocycles. The molecule has 7 nitrogen and oxygen atoms in total. The van der Waals surface area contributed by atoms with Gasteiger partial charge in [-0.2, -0.15) is 0 Å². The third-order valence-electron chi connectivity index (χ3n) is 6.54. The van der Waals surface area contributed by atoms with Crippen molar-refractivity contribution in [2.75, 3.05) is 19.6 Å². The molecule has 0 atom stereocenters. The zero-order valence-electron chi connectivity index (χ0n) is 17.2. The second-order valence-corrected chi connectivity index (χ2v) is 8.40. The van der Waals surface area contributed by atoms with Gasteiger partial charge in [0.25, 0.3) is 0 Å². The Labute approximate surface area is 170 Å². The van der Waals surface area contributed by atoms with E-state index in [9.17, 15) is 4.79 Å². The number of aryl methyl sites for hydroxylation is 1. The van der Waals surface area contributed by atoms with Crippen molar-refractivity contribution in [3.63, 3.8) is 0 Å². The highest BCUT2D eigenvalue weighted by Gasteiger charge is 2.29. The summed E-state index contributed by atoms with van der Waals surface area (Å²) in [4.78, 5) is 16.0. The monoisotopic (exact) mass is 392 g/mol. The van der Waals surface area contributed by atoms with Crippen LogP contribution in [0.2, 0.25) is 0 Å². The van der Waals surface area contributed by atoms with Crippen LogP contribution in [0.3, 0.4) is 0 Å². The smallest absolute Gasteiger partial charge is 0.219 e. The lowest BCUT2D eigenvalue weighted by Gasteiger charge is -2.32. The zero-order valence-corrected chi connectivity index (χ0v) is 17.2. The Morgan fingerprint density at radius 3 is 2.69 bits per heavy atom. The molecule has 0 saturated carbocycles. The van der Waals surface area contributed by atoms with Crippen LogP contribution in [0.5, 0.6) is 0 Å². The molecule has 4 heterocycles. The largest absolute Gasteiger partial charge is 0.350 e. The van der Waals surface area contributed by atoms with Crippen molar-refractivity contribution in [3.8, 4) is 0 Å². The molecule has 5 rings (SSSR count). The van der Waals surface area contributed by atoms with Crippen LogP contribution >= 0.6 is 0 Å². The maximum atomic E-state index is 11.6. The molecule has 0 spiro atoms. The first-order chi connectivity index (χ1) is 14.1. The minimum Gasteiger partial charge on any atom is -0.350 e. The number of benzene rings is 1. The van der Waals surface area contributed by atoms with E-state index in [4.69, 9.17) is 0 Å². The number of carbonyl (C=O) groups is 1. The Balaban J connectivity index is 1.29. The zero-order chi connectivity index (χ0) is 20.0. The predicted molar refractivity (Wildman–Crippen MR) is 111 cm³/mol. The summed E-state index contributed by atoms with van der Waals surface area (Å²) in [6, 6.07) is 8.60. The molecule has 152 valence electrons. The fraction of sp³-hybridized carbons (Fsp3) is 0.500. The van der Waals surface area contributed by atoms with Crippen LogP contribution in [-0.2, 0) is 31.5 Å². The number of piperidine rings is 1. The molecule has 2 aliphatic rings. The van der Waals surface area contributed by atoms with Crippen LogP contribution in [0.4, 0.5) is 0 Å². The number of likely N-dealkylation sites (tertiary alicyclic amines) is 1. The van der Waals surface area contributed by atoms with E-state index in [2.05, 4.69) is 61.7 Å². The lowest BCUT2D eigenvalue weighted by Crippen LogP contribution is -2.38. The van der Waals surface area contributed by atoms with E-state index in [0.717, 1.165) is 63.8 Å². The topological polar surface area (TPSA) is 59.2 Å². The number of aromatic nitrogens is 4. The Morgan fingerprint density at radius 2 is 1.90 bits per heavy atom. The third kappa shape index (κ3) is 3.33. The van der Waals surface area contributed by atoms with E-state index in [1.165, 1.54) is 16.5 Å². The first-order valence-corrected chi connectivity index (χ1v) is 10.5. The van der Waals surface area contributed by atoms with E-state index >= 15 is 0 Å². The number of hydrogen-bond acceptors (Lipinski definition) is 4.